The second-order valence-electron chi connectivity index (χ2n) is 18.1. The summed E-state index contributed by atoms with van der Waals surface area (Å²) in [7, 11) is 0. The summed E-state index contributed by atoms with van der Waals surface area (Å²) in [5.41, 5.74) is 14.0. The minimum Gasteiger partial charge on any atom is -0.427 e. The van der Waals surface area contributed by atoms with E-state index in [0.717, 1.165) is 25.7 Å². The Labute approximate surface area is 381 Å². The van der Waals surface area contributed by atoms with Crippen LogP contribution in [0.2, 0.25) is 0 Å². The van der Waals surface area contributed by atoms with Gasteiger partial charge in [0.05, 0.1) is 0 Å². The van der Waals surface area contributed by atoms with Crippen LogP contribution < -0.4 is 9.47 Å². The van der Waals surface area contributed by atoms with Gasteiger partial charge in [0, 0.05) is 29.1 Å². The predicted octanol–water partition coefficient (Wildman–Crippen LogP) is 14.2. The van der Waals surface area contributed by atoms with Crippen LogP contribution in [0.5, 0.6) is 11.5 Å². The molecule has 0 amide bonds. The van der Waals surface area contributed by atoms with E-state index in [-0.39, 0.29) is 30.2 Å². The molecule has 0 saturated heterocycles. The summed E-state index contributed by atoms with van der Waals surface area (Å²) < 4.78 is 11.9. The molecule has 0 bridgehead atoms. The molecule has 11 rings (SSSR count). The third kappa shape index (κ3) is 6.91. The van der Waals surface area contributed by atoms with Crippen molar-refractivity contribution in [1.29, 1.82) is 0 Å². The van der Waals surface area contributed by atoms with E-state index >= 15 is 0 Å². The fraction of sp³-hybridized carbons (Fsp3) is 0.180. The van der Waals surface area contributed by atoms with E-state index in [1.165, 1.54) is 66.8 Å². The highest BCUT2D eigenvalue weighted by Crippen LogP contribution is 2.61. The van der Waals surface area contributed by atoms with E-state index in [1.54, 1.807) is 0 Å². The minimum absolute atomic E-state index is 0.227. The van der Waals surface area contributed by atoms with Gasteiger partial charge in [-0.1, -0.05) is 182 Å². The molecule has 8 aromatic rings. The number of esters is 2. The Kier molecular flexibility index (Phi) is 10.4. The number of para-hydroxylation sites is 2. The van der Waals surface area contributed by atoms with E-state index in [0.29, 0.717) is 24.3 Å². The van der Waals surface area contributed by atoms with Gasteiger partial charge in [-0.25, -0.2) is 0 Å². The standard InChI is InChI=1S/C61H50O4/c62-57(64-43-19-3-1-4-20-43)35-37-59(51-29-13-7-23-45(51)46-24-8-14-30-52(46)59)39-41-61(55-33-17-11-27-49(55)50-28-12-18-34-56(50)61)42-40-60(38-36-58(63)65-44-21-5-2-6-22-44)53-31-15-9-25-47(53)48-26-10-16-32-54(48)60/h1-34H,35-42H2. The van der Waals surface area contributed by atoms with E-state index in [4.69, 9.17) is 9.47 Å². The van der Waals surface area contributed by atoms with Gasteiger partial charge in [-0.05, 0) is 130 Å². The minimum atomic E-state index is -0.451. The maximum absolute atomic E-state index is 13.8. The normalized spacial score (nSPS) is 14.8. The van der Waals surface area contributed by atoms with E-state index < -0.39 is 10.8 Å². The molecule has 4 nitrogen and oxygen atoms in total. The quantitative estimate of drug-likeness (QED) is 0.0808. The molecule has 0 heterocycles. The Morgan fingerprint density at radius 3 is 0.754 bits per heavy atom. The van der Waals surface area contributed by atoms with Crippen molar-refractivity contribution in [1.82, 2.24) is 0 Å². The largest absolute Gasteiger partial charge is 0.427 e. The Morgan fingerprint density at radius 2 is 0.492 bits per heavy atom. The summed E-state index contributed by atoms with van der Waals surface area (Å²) >= 11 is 0. The van der Waals surface area contributed by atoms with Gasteiger partial charge < -0.3 is 9.47 Å². The Hall–Kier alpha value is -7.30. The SMILES string of the molecule is O=C(CCC1(CCC2(CCC3(CCC(=O)Oc4ccccc4)c4ccccc4-c4ccccc43)c3ccccc3-c3ccccc32)c2ccccc2-c2ccccc21)Oc1ccccc1. The average Bonchev–Trinajstić information content (AvgIpc) is 3.92. The van der Waals surface area contributed by atoms with E-state index in [1.807, 2.05) is 60.7 Å². The molecule has 4 heteroatoms. The molecule has 0 saturated carbocycles. The zero-order valence-corrected chi connectivity index (χ0v) is 36.4. The molecule has 3 aliphatic carbocycles. The van der Waals surface area contributed by atoms with Crippen LogP contribution in [-0.4, -0.2) is 11.9 Å². The molecule has 318 valence electrons. The van der Waals surface area contributed by atoms with Crippen LogP contribution in [0.15, 0.2) is 206 Å². The third-order valence-electron chi connectivity index (χ3n) is 14.9. The van der Waals surface area contributed by atoms with E-state index in [9.17, 15) is 9.59 Å². The summed E-state index contributed by atoms with van der Waals surface area (Å²) in [6.45, 7) is 0. The topological polar surface area (TPSA) is 52.6 Å². The van der Waals surface area contributed by atoms with Crippen LogP contribution in [0.25, 0.3) is 33.4 Å². The molecule has 0 aromatic heterocycles. The van der Waals surface area contributed by atoms with Crippen LogP contribution >= 0.6 is 0 Å². The van der Waals surface area contributed by atoms with Gasteiger partial charge in [-0.15, -0.1) is 0 Å². The van der Waals surface area contributed by atoms with Gasteiger partial charge in [0.15, 0.2) is 0 Å². The van der Waals surface area contributed by atoms with Gasteiger partial charge in [-0.3, -0.25) is 9.59 Å². The lowest BCUT2D eigenvalue weighted by Crippen LogP contribution is -2.35. The number of carbonyl (C=O) groups excluding carboxylic acids is 2. The van der Waals surface area contributed by atoms with Crippen LogP contribution in [0.4, 0.5) is 0 Å². The first-order valence-electron chi connectivity index (χ1n) is 23.1. The van der Waals surface area contributed by atoms with Crippen molar-refractivity contribution in [2.45, 2.75) is 67.6 Å². The molecule has 0 aliphatic heterocycles. The highest BCUT2D eigenvalue weighted by Gasteiger charge is 2.51. The lowest BCUT2D eigenvalue weighted by molar-refractivity contribution is -0.135. The monoisotopic (exact) mass is 846 g/mol. The molecule has 0 radical (unpaired) electrons. The summed E-state index contributed by atoms with van der Waals surface area (Å²) in [5, 5.41) is 0. The number of ether oxygens (including phenoxy) is 2. The number of hydrogen-bond acceptors (Lipinski definition) is 4. The first-order valence-corrected chi connectivity index (χ1v) is 23.1. The van der Waals surface area contributed by atoms with Crippen LogP contribution in [0.3, 0.4) is 0 Å². The molecule has 0 atom stereocenters. The van der Waals surface area contributed by atoms with Crippen molar-refractivity contribution in [3.8, 4) is 44.9 Å². The second kappa shape index (κ2) is 16.7. The summed E-state index contributed by atoms with van der Waals surface area (Å²) in [4.78, 5) is 27.7. The molecule has 0 fully saturated rings. The van der Waals surface area contributed by atoms with Gasteiger partial charge >= 0.3 is 11.9 Å². The summed E-state index contributed by atoms with van der Waals surface area (Å²) in [6.07, 6.45) is 5.07. The molecule has 0 unspecified atom stereocenters. The number of hydrogen-bond donors (Lipinski definition) is 0. The Bertz CT molecular complexity index is 2760. The van der Waals surface area contributed by atoms with Crippen molar-refractivity contribution in [2.75, 3.05) is 0 Å². The molecule has 8 aromatic carbocycles. The molecule has 3 aliphatic rings. The zero-order valence-electron chi connectivity index (χ0n) is 36.4. The Balaban J connectivity index is 1.02. The van der Waals surface area contributed by atoms with E-state index in [2.05, 4.69) is 146 Å². The van der Waals surface area contributed by atoms with Crippen molar-refractivity contribution in [3.63, 3.8) is 0 Å². The lowest BCUT2D eigenvalue weighted by Gasteiger charge is -2.41. The molecular formula is C61H50O4. The number of rotatable bonds is 14. The van der Waals surface area contributed by atoms with Crippen molar-refractivity contribution >= 4 is 11.9 Å². The fourth-order valence-electron chi connectivity index (χ4n) is 12.1. The molecule has 0 spiro atoms. The van der Waals surface area contributed by atoms with Crippen LogP contribution in [-0.2, 0) is 25.8 Å². The lowest BCUT2D eigenvalue weighted by atomic mass is 9.61. The molecule has 0 N–H and O–H groups in total. The number of carbonyl (C=O) groups is 2. The fourth-order valence-corrected chi connectivity index (χ4v) is 12.1. The summed E-state index contributed by atoms with van der Waals surface area (Å²) in [6, 6.07) is 72.1. The van der Waals surface area contributed by atoms with Gasteiger partial charge in [0.2, 0.25) is 0 Å². The predicted molar refractivity (Wildman–Crippen MR) is 259 cm³/mol. The maximum atomic E-state index is 13.8. The zero-order chi connectivity index (χ0) is 43.9. The molecule has 65 heavy (non-hydrogen) atoms. The first kappa shape index (κ1) is 40.5. The summed E-state index contributed by atoms with van der Waals surface area (Å²) in [5.74, 6) is 0.674. The van der Waals surface area contributed by atoms with Gasteiger partial charge in [0.25, 0.3) is 0 Å². The van der Waals surface area contributed by atoms with Crippen molar-refractivity contribution < 1.29 is 19.1 Å². The van der Waals surface area contributed by atoms with Crippen LogP contribution in [0, 0.1) is 0 Å². The third-order valence-corrected chi connectivity index (χ3v) is 14.9. The maximum Gasteiger partial charge on any atom is 0.311 e. The van der Waals surface area contributed by atoms with Gasteiger partial charge in [0.1, 0.15) is 11.5 Å². The molecular weight excluding hydrogens is 797 g/mol. The number of fused-ring (bicyclic) bond motifs is 9. The van der Waals surface area contributed by atoms with Crippen LogP contribution in [0.1, 0.15) is 84.7 Å². The van der Waals surface area contributed by atoms with Crippen molar-refractivity contribution in [2.24, 2.45) is 0 Å². The highest BCUT2D eigenvalue weighted by molar-refractivity contribution is 5.85. The smallest absolute Gasteiger partial charge is 0.311 e. The number of benzene rings is 8. The van der Waals surface area contributed by atoms with Crippen molar-refractivity contribution in [3.05, 3.63) is 240 Å². The first-order chi connectivity index (χ1) is 32.0. The Morgan fingerprint density at radius 1 is 0.277 bits per heavy atom. The second-order valence-corrected chi connectivity index (χ2v) is 18.1. The highest BCUT2D eigenvalue weighted by atomic mass is 16.5. The van der Waals surface area contributed by atoms with Gasteiger partial charge in [-0.2, -0.15) is 0 Å². The average molecular weight is 847 g/mol.